The van der Waals surface area contributed by atoms with Crippen LogP contribution in [0.2, 0.25) is 18.1 Å². The van der Waals surface area contributed by atoms with Gasteiger partial charge in [0.25, 0.3) is 0 Å². The first-order chi connectivity index (χ1) is 18.9. The van der Waals surface area contributed by atoms with E-state index < -0.39 is 8.32 Å². The lowest BCUT2D eigenvalue weighted by molar-refractivity contribution is 0.220. The molecule has 5 rings (SSSR count). The number of hydrogen-bond donors (Lipinski definition) is 2. The number of aryl methyl sites for hydroxylation is 2. The van der Waals surface area contributed by atoms with E-state index >= 15 is 0 Å². The van der Waals surface area contributed by atoms with Gasteiger partial charge in [-0.15, -0.1) is 0 Å². The second-order valence-electron chi connectivity index (χ2n) is 13.4. The summed E-state index contributed by atoms with van der Waals surface area (Å²) in [4.78, 5) is 14.1. The van der Waals surface area contributed by atoms with Crippen molar-refractivity contribution in [2.45, 2.75) is 83.8 Å². The molecule has 1 aliphatic carbocycles. The molecule has 3 aromatic rings. The van der Waals surface area contributed by atoms with Crippen LogP contribution in [0.4, 0.5) is 17.3 Å². The second kappa shape index (κ2) is 10.6. The van der Waals surface area contributed by atoms with Crippen molar-refractivity contribution in [2.75, 3.05) is 23.8 Å². The number of benzene rings is 1. The Morgan fingerprint density at radius 1 is 1.20 bits per heavy atom. The van der Waals surface area contributed by atoms with Crippen LogP contribution in [0, 0.1) is 24.2 Å². The van der Waals surface area contributed by atoms with E-state index in [0.717, 1.165) is 58.3 Å². The van der Waals surface area contributed by atoms with Crippen molar-refractivity contribution in [3.05, 3.63) is 59.0 Å². The van der Waals surface area contributed by atoms with Gasteiger partial charge in [0.05, 0.1) is 28.3 Å². The molecule has 0 saturated heterocycles. The molecule has 210 valence electrons. The van der Waals surface area contributed by atoms with E-state index in [9.17, 15) is 5.26 Å². The number of nitrogens with zero attached hydrogens (tertiary/aromatic N) is 4. The normalized spacial score (nSPS) is 18.6. The minimum absolute atomic E-state index is 0.132. The van der Waals surface area contributed by atoms with Crippen LogP contribution < -0.4 is 10.6 Å². The largest absolute Gasteiger partial charge is 0.416 e. The SMILES string of the molecule is Cc1cnc(CCC2CC2)c(Nc2nccc(-c3cc(C#N)c4c(c3)[C@@](C)(CO[Si](C)(C)C(C)(C)C)CN4)n2)c1. The predicted molar refractivity (Wildman–Crippen MR) is 164 cm³/mol. The maximum atomic E-state index is 10.0. The molecular formula is C32H42N6OSi. The number of pyridine rings is 1. The van der Waals surface area contributed by atoms with Crippen molar-refractivity contribution < 1.29 is 4.43 Å². The Labute approximate surface area is 240 Å². The van der Waals surface area contributed by atoms with Gasteiger partial charge in [-0.2, -0.15) is 5.26 Å². The van der Waals surface area contributed by atoms with Crippen LogP contribution >= 0.6 is 0 Å². The molecule has 0 unspecified atom stereocenters. The summed E-state index contributed by atoms with van der Waals surface area (Å²) in [6.45, 7) is 17.0. The van der Waals surface area contributed by atoms with Crippen LogP contribution in [0.5, 0.6) is 0 Å². The van der Waals surface area contributed by atoms with Gasteiger partial charge < -0.3 is 15.1 Å². The molecule has 0 bridgehead atoms. The highest BCUT2D eigenvalue weighted by Gasteiger charge is 2.42. The lowest BCUT2D eigenvalue weighted by Crippen LogP contribution is -2.45. The lowest BCUT2D eigenvalue weighted by Gasteiger charge is -2.39. The molecule has 1 atom stereocenters. The summed E-state index contributed by atoms with van der Waals surface area (Å²) >= 11 is 0. The van der Waals surface area contributed by atoms with Gasteiger partial charge in [-0.1, -0.05) is 40.5 Å². The van der Waals surface area contributed by atoms with E-state index in [1.807, 2.05) is 25.3 Å². The average molecular weight is 555 g/mol. The van der Waals surface area contributed by atoms with Gasteiger partial charge in [0.2, 0.25) is 5.95 Å². The number of nitriles is 1. The van der Waals surface area contributed by atoms with Crippen LogP contribution in [0.15, 0.2) is 36.7 Å². The van der Waals surface area contributed by atoms with Crippen molar-refractivity contribution in [1.82, 2.24) is 15.0 Å². The van der Waals surface area contributed by atoms with Gasteiger partial charge in [-0.25, -0.2) is 9.97 Å². The predicted octanol–water partition coefficient (Wildman–Crippen LogP) is 7.51. The fourth-order valence-corrected chi connectivity index (χ4v) is 6.07. The zero-order chi connectivity index (χ0) is 28.7. The third kappa shape index (κ3) is 5.91. The van der Waals surface area contributed by atoms with Crippen molar-refractivity contribution in [1.29, 1.82) is 5.26 Å². The molecule has 1 aliphatic heterocycles. The number of hydrogen-bond acceptors (Lipinski definition) is 7. The summed E-state index contributed by atoms with van der Waals surface area (Å²) in [5.74, 6) is 1.37. The highest BCUT2D eigenvalue weighted by atomic mass is 28.4. The maximum absolute atomic E-state index is 10.0. The summed E-state index contributed by atoms with van der Waals surface area (Å²) in [5, 5.41) is 17.1. The van der Waals surface area contributed by atoms with Crippen molar-refractivity contribution in [2.24, 2.45) is 5.92 Å². The molecule has 2 aliphatic rings. The Hall–Kier alpha value is -3.28. The summed E-state index contributed by atoms with van der Waals surface area (Å²) in [7, 11) is -1.93. The van der Waals surface area contributed by atoms with Crippen molar-refractivity contribution in [3.8, 4) is 17.3 Å². The zero-order valence-corrected chi connectivity index (χ0v) is 26.0. The molecule has 0 amide bonds. The number of anilines is 3. The zero-order valence-electron chi connectivity index (χ0n) is 25.0. The first kappa shape index (κ1) is 28.3. The molecule has 7 nitrogen and oxygen atoms in total. The van der Waals surface area contributed by atoms with Gasteiger partial charge >= 0.3 is 0 Å². The fourth-order valence-electron chi connectivity index (χ4n) is 4.96. The van der Waals surface area contributed by atoms with Crippen LogP contribution in [0.3, 0.4) is 0 Å². The van der Waals surface area contributed by atoms with E-state index in [1.54, 1.807) is 6.20 Å². The molecule has 1 fully saturated rings. The molecule has 0 spiro atoms. The lowest BCUT2D eigenvalue weighted by atomic mass is 9.83. The maximum Gasteiger partial charge on any atom is 0.227 e. The standard InChI is InChI=1S/C32H42N6OSi/c1-21-14-28(27(35-18-21)11-10-22-8-9-22)38-30-34-13-12-26(37-30)23-15-24(17-33)29-25(16-23)32(5,19-36-29)20-39-40(6,7)31(2,3)4/h12-16,18,22,36H,8-11,19-20H2,1-7H3,(H,34,37,38)/t32-/m1/s1. The van der Waals surface area contributed by atoms with Crippen molar-refractivity contribution >= 4 is 25.6 Å². The first-order valence-corrected chi connectivity index (χ1v) is 17.3. The van der Waals surface area contributed by atoms with Crippen LogP contribution in [0.1, 0.15) is 69.3 Å². The second-order valence-corrected chi connectivity index (χ2v) is 18.2. The Morgan fingerprint density at radius 2 is 1.98 bits per heavy atom. The van der Waals surface area contributed by atoms with E-state index in [2.05, 4.69) is 74.6 Å². The molecular weight excluding hydrogens is 512 g/mol. The molecule has 1 saturated carbocycles. The third-order valence-corrected chi connectivity index (χ3v) is 13.4. The van der Waals surface area contributed by atoms with Crippen LogP contribution in [-0.2, 0) is 16.3 Å². The van der Waals surface area contributed by atoms with Crippen LogP contribution in [0.25, 0.3) is 11.3 Å². The number of aromatic nitrogens is 3. The summed E-state index contributed by atoms with van der Waals surface area (Å²) in [6, 6.07) is 10.5. The summed E-state index contributed by atoms with van der Waals surface area (Å²) < 4.78 is 6.68. The Kier molecular flexibility index (Phi) is 7.49. The number of fused-ring (bicyclic) bond motifs is 1. The third-order valence-electron chi connectivity index (χ3n) is 8.91. The number of rotatable bonds is 9. The molecule has 0 radical (unpaired) electrons. The molecule has 8 heteroatoms. The summed E-state index contributed by atoms with van der Waals surface area (Å²) in [6.07, 6.45) is 8.49. The van der Waals surface area contributed by atoms with Crippen molar-refractivity contribution in [3.63, 3.8) is 0 Å². The topological polar surface area (TPSA) is 95.8 Å². The first-order valence-electron chi connectivity index (χ1n) is 14.4. The minimum Gasteiger partial charge on any atom is -0.416 e. The highest BCUT2D eigenvalue weighted by Crippen LogP contribution is 2.44. The van der Waals surface area contributed by atoms with E-state index in [0.29, 0.717) is 18.1 Å². The molecule has 40 heavy (non-hydrogen) atoms. The number of nitrogens with one attached hydrogen (secondary N) is 2. The van der Waals surface area contributed by atoms with Crippen LogP contribution in [-0.4, -0.2) is 36.4 Å². The molecule has 3 heterocycles. The Balaban J connectivity index is 1.43. The average Bonchev–Trinajstić information content (AvgIpc) is 3.68. The van der Waals surface area contributed by atoms with Gasteiger partial charge in [-0.05, 0) is 79.2 Å². The molecule has 1 aromatic carbocycles. The Bertz CT molecular complexity index is 1450. The van der Waals surface area contributed by atoms with E-state index in [1.165, 1.54) is 19.3 Å². The molecule has 2 aromatic heterocycles. The van der Waals surface area contributed by atoms with Gasteiger partial charge in [-0.3, -0.25) is 4.98 Å². The monoisotopic (exact) mass is 554 g/mol. The summed E-state index contributed by atoms with van der Waals surface area (Å²) in [5.41, 5.74) is 7.19. The fraction of sp³-hybridized carbons (Fsp3) is 0.500. The van der Waals surface area contributed by atoms with Gasteiger partial charge in [0, 0.05) is 36.5 Å². The highest BCUT2D eigenvalue weighted by molar-refractivity contribution is 6.74. The van der Waals surface area contributed by atoms with Gasteiger partial charge in [0.15, 0.2) is 8.32 Å². The quantitative estimate of drug-likeness (QED) is 0.264. The Morgan fingerprint density at radius 3 is 2.67 bits per heavy atom. The smallest absolute Gasteiger partial charge is 0.227 e. The van der Waals surface area contributed by atoms with E-state index in [4.69, 9.17) is 14.4 Å². The minimum atomic E-state index is -1.93. The molecule has 2 N–H and O–H groups in total. The van der Waals surface area contributed by atoms with Gasteiger partial charge in [0.1, 0.15) is 6.07 Å². The van der Waals surface area contributed by atoms with E-state index in [-0.39, 0.29) is 10.5 Å².